The van der Waals surface area contributed by atoms with Gasteiger partial charge in [0.1, 0.15) is 0 Å². The molecule has 0 aromatic heterocycles. The fraction of sp³-hybridized carbons (Fsp3) is 0.611. The number of aliphatic carboxylic acids is 1. The Balaban J connectivity index is 1.86. The maximum atomic E-state index is 11.9. The highest BCUT2D eigenvalue weighted by Gasteiger charge is 2.40. The number of phosphoric acid groups is 1. The lowest BCUT2D eigenvalue weighted by Gasteiger charge is -2.35. The van der Waals surface area contributed by atoms with Crippen LogP contribution < -0.4 is 0 Å². The Morgan fingerprint density at radius 3 is 2.32 bits per heavy atom. The first kappa shape index (κ1) is 18.6. The van der Waals surface area contributed by atoms with Gasteiger partial charge in [-0.15, -0.1) is 0 Å². The van der Waals surface area contributed by atoms with Crippen LogP contribution in [0, 0.1) is 5.92 Å². The summed E-state index contributed by atoms with van der Waals surface area (Å²) in [4.78, 5) is 20.9. The third-order valence-electron chi connectivity index (χ3n) is 5.43. The zero-order valence-corrected chi connectivity index (χ0v) is 15.2. The van der Waals surface area contributed by atoms with Crippen LogP contribution in [0.3, 0.4) is 0 Å². The summed E-state index contributed by atoms with van der Waals surface area (Å²) in [5, 5.41) is 9.16. The van der Waals surface area contributed by atoms with E-state index in [1.165, 1.54) is 0 Å². The first-order valence-corrected chi connectivity index (χ1v) is 10.4. The van der Waals surface area contributed by atoms with Crippen molar-refractivity contribution in [1.29, 1.82) is 0 Å². The van der Waals surface area contributed by atoms with E-state index in [0.717, 1.165) is 36.8 Å². The Labute approximate surface area is 147 Å². The third kappa shape index (κ3) is 4.32. The average Bonchev–Trinajstić information content (AvgIpc) is 3.08. The smallest absolute Gasteiger partial charge is 0.472 e. The van der Waals surface area contributed by atoms with Crippen LogP contribution in [0.5, 0.6) is 0 Å². The monoisotopic (exact) mass is 368 g/mol. The Morgan fingerprint density at radius 2 is 1.76 bits per heavy atom. The van der Waals surface area contributed by atoms with Gasteiger partial charge in [0.15, 0.2) is 0 Å². The predicted molar refractivity (Wildman–Crippen MR) is 92.5 cm³/mol. The van der Waals surface area contributed by atoms with E-state index < -0.39 is 19.7 Å². The molecule has 0 bridgehead atoms. The molecule has 25 heavy (non-hydrogen) atoms. The van der Waals surface area contributed by atoms with Crippen molar-refractivity contribution >= 4 is 13.8 Å². The topological polar surface area (TPSA) is 93.1 Å². The molecule has 0 radical (unpaired) electrons. The number of phosphoric ester groups is 1. The van der Waals surface area contributed by atoms with Gasteiger partial charge in [0, 0.05) is 5.92 Å². The molecule has 1 aliphatic heterocycles. The zero-order valence-electron chi connectivity index (χ0n) is 14.3. The number of benzene rings is 1. The van der Waals surface area contributed by atoms with Crippen LogP contribution in [0.1, 0.15) is 62.0 Å². The lowest BCUT2D eigenvalue weighted by Crippen LogP contribution is -2.31. The maximum Gasteiger partial charge on any atom is 0.472 e. The number of hydrogen-bond donors (Lipinski definition) is 2. The molecule has 6 nitrogen and oxygen atoms in total. The molecule has 1 heterocycles. The Kier molecular flexibility index (Phi) is 5.64. The lowest BCUT2D eigenvalue weighted by atomic mass is 9.79. The molecule has 1 saturated carbocycles. The molecule has 2 N–H and O–H groups in total. The van der Waals surface area contributed by atoms with Gasteiger partial charge in [-0.2, -0.15) is 0 Å². The summed E-state index contributed by atoms with van der Waals surface area (Å²) in [7, 11) is -3.97. The fourth-order valence-corrected chi connectivity index (χ4v) is 5.02. The van der Waals surface area contributed by atoms with E-state index in [-0.39, 0.29) is 18.6 Å². The van der Waals surface area contributed by atoms with Crippen LogP contribution in [0.4, 0.5) is 0 Å². The van der Waals surface area contributed by atoms with Crippen molar-refractivity contribution in [2.45, 2.75) is 57.0 Å². The summed E-state index contributed by atoms with van der Waals surface area (Å²) < 4.78 is 22.1. The van der Waals surface area contributed by atoms with Crippen molar-refractivity contribution in [3.05, 3.63) is 35.4 Å². The van der Waals surface area contributed by atoms with Crippen molar-refractivity contribution in [3.8, 4) is 0 Å². The van der Waals surface area contributed by atoms with Gasteiger partial charge in [-0.1, -0.05) is 37.1 Å². The molecule has 1 aromatic rings. The van der Waals surface area contributed by atoms with Crippen molar-refractivity contribution in [2.24, 2.45) is 5.92 Å². The molecule has 3 unspecified atom stereocenters. The molecular weight excluding hydrogens is 343 g/mol. The molecule has 2 aliphatic rings. The first-order valence-electron chi connectivity index (χ1n) is 8.86. The largest absolute Gasteiger partial charge is 0.481 e. The molecule has 2 fully saturated rings. The van der Waals surface area contributed by atoms with Gasteiger partial charge in [0.2, 0.25) is 0 Å². The minimum atomic E-state index is -3.97. The maximum absolute atomic E-state index is 11.9. The number of carboxylic acid groups (broad SMARTS) is 1. The predicted octanol–water partition coefficient (Wildman–Crippen LogP) is 4.05. The summed E-state index contributed by atoms with van der Waals surface area (Å²) in [6, 6.07) is 7.57. The van der Waals surface area contributed by atoms with E-state index in [0.29, 0.717) is 12.3 Å². The molecule has 7 heteroatoms. The number of carboxylic acids is 1. The van der Waals surface area contributed by atoms with Crippen LogP contribution in [0.2, 0.25) is 0 Å². The normalized spacial score (nSPS) is 30.1. The van der Waals surface area contributed by atoms with Crippen LogP contribution in [-0.2, 0) is 18.4 Å². The lowest BCUT2D eigenvalue weighted by molar-refractivity contribution is -0.138. The van der Waals surface area contributed by atoms with E-state index in [1.807, 2.05) is 24.3 Å². The molecule has 1 aromatic carbocycles. The Hall–Kier alpha value is -1.20. The van der Waals surface area contributed by atoms with Crippen molar-refractivity contribution in [2.75, 3.05) is 6.61 Å². The van der Waals surface area contributed by atoms with Crippen LogP contribution >= 0.6 is 7.82 Å². The van der Waals surface area contributed by atoms with E-state index in [4.69, 9.17) is 14.2 Å². The van der Waals surface area contributed by atoms with Crippen molar-refractivity contribution in [3.63, 3.8) is 0 Å². The second-order valence-corrected chi connectivity index (χ2v) is 8.44. The molecule has 1 aliphatic carbocycles. The minimum Gasteiger partial charge on any atom is -0.481 e. The number of hydrogen-bond acceptors (Lipinski definition) is 4. The quantitative estimate of drug-likeness (QED) is 0.762. The molecule has 0 spiro atoms. The van der Waals surface area contributed by atoms with Gasteiger partial charge in [-0.25, -0.2) is 4.57 Å². The van der Waals surface area contributed by atoms with Gasteiger partial charge in [0.05, 0.1) is 18.6 Å². The van der Waals surface area contributed by atoms with E-state index in [9.17, 15) is 14.3 Å². The van der Waals surface area contributed by atoms with E-state index >= 15 is 0 Å². The van der Waals surface area contributed by atoms with Crippen LogP contribution in [0.15, 0.2) is 24.3 Å². The highest BCUT2D eigenvalue weighted by atomic mass is 31.2. The molecule has 1 saturated heterocycles. The highest BCUT2D eigenvalue weighted by molar-refractivity contribution is 7.47. The summed E-state index contributed by atoms with van der Waals surface area (Å²) in [6.07, 6.45) is 4.71. The average molecular weight is 368 g/mol. The highest BCUT2D eigenvalue weighted by Crippen LogP contribution is 2.53. The van der Waals surface area contributed by atoms with Gasteiger partial charge >= 0.3 is 13.8 Å². The number of rotatable bonds is 5. The first-order chi connectivity index (χ1) is 11.9. The van der Waals surface area contributed by atoms with Crippen molar-refractivity contribution in [1.82, 2.24) is 0 Å². The summed E-state index contributed by atoms with van der Waals surface area (Å²) in [6.45, 7) is 1.88. The second-order valence-electron chi connectivity index (χ2n) is 7.03. The van der Waals surface area contributed by atoms with Crippen LogP contribution in [0.25, 0.3) is 0 Å². The molecular formula is C18H25O6P. The van der Waals surface area contributed by atoms with Gasteiger partial charge in [-0.05, 0) is 43.2 Å². The van der Waals surface area contributed by atoms with Crippen LogP contribution in [-0.4, -0.2) is 28.7 Å². The molecule has 0 amide bonds. The number of carbonyl (C=O) groups is 1. The molecule has 4 atom stereocenters. The van der Waals surface area contributed by atoms with Gasteiger partial charge < -0.3 is 10.00 Å². The van der Waals surface area contributed by atoms with Gasteiger partial charge in [-0.3, -0.25) is 13.8 Å². The second kappa shape index (κ2) is 7.58. The molecule has 138 valence electrons. The minimum absolute atomic E-state index is 0.0288. The molecule has 3 rings (SSSR count). The summed E-state index contributed by atoms with van der Waals surface area (Å²) in [5.41, 5.74) is 1.79. The summed E-state index contributed by atoms with van der Waals surface area (Å²) in [5.74, 6) is -0.975. The third-order valence-corrected chi connectivity index (χ3v) is 6.47. The Morgan fingerprint density at radius 1 is 1.16 bits per heavy atom. The summed E-state index contributed by atoms with van der Waals surface area (Å²) >= 11 is 0. The fourth-order valence-electron chi connectivity index (χ4n) is 4.04. The van der Waals surface area contributed by atoms with E-state index in [1.54, 1.807) is 6.92 Å². The van der Waals surface area contributed by atoms with Crippen molar-refractivity contribution < 1.29 is 28.4 Å². The van der Waals surface area contributed by atoms with Gasteiger partial charge in [0.25, 0.3) is 0 Å². The SMILES string of the molecule is C[C@H](C(=O)O)c1ccc(C(C2CCCC2)C2CCOP(=O)(O)O2)cc1. The zero-order chi connectivity index (χ0) is 18.0. The van der Waals surface area contributed by atoms with E-state index in [2.05, 4.69) is 0 Å². The Bertz CT molecular complexity index is 652. The standard InChI is InChI=1S/C18H25O6P/c1-12(18(19)20)13-6-8-15(9-7-13)17(14-4-2-3-5-14)16-10-11-23-25(21,22)24-16/h6-9,12,14,16-17H,2-5,10-11H2,1H3,(H,19,20)(H,21,22)/t12-,16?,17?/m0/s1.